The average molecular weight is 302 g/mol. The zero-order chi connectivity index (χ0) is 13.1. The number of hydrogen-bond donors (Lipinski definition) is 0. The second-order valence-corrected chi connectivity index (χ2v) is 5.85. The smallest absolute Gasteiger partial charge is 0.267 e. The number of rotatable bonds is 4. The molecule has 0 aliphatic carbocycles. The molecule has 1 aromatic carbocycles. The SMILES string of the molecule is CCCCn1sc(-c2cccc(Cl)c2)c(Cl)c1=O. The molecule has 0 N–H and O–H groups in total. The number of benzene rings is 1. The van der Waals surface area contributed by atoms with Gasteiger partial charge in [-0.3, -0.25) is 8.75 Å². The Labute approximate surface area is 120 Å². The van der Waals surface area contributed by atoms with E-state index >= 15 is 0 Å². The Kier molecular flexibility index (Phi) is 4.49. The molecule has 0 radical (unpaired) electrons. The minimum absolute atomic E-state index is 0.106. The summed E-state index contributed by atoms with van der Waals surface area (Å²) < 4.78 is 1.71. The molecular formula is C13H13Cl2NOS. The van der Waals surface area contributed by atoms with Crippen molar-refractivity contribution in [1.29, 1.82) is 0 Å². The van der Waals surface area contributed by atoms with E-state index in [4.69, 9.17) is 23.2 Å². The summed E-state index contributed by atoms with van der Waals surface area (Å²) in [5, 5.41) is 0.933. The van der Waals surface area contributed by atoms with E-state index in [0.29, 0.717) is 10.0 Å². The number of aromatic nitrogens is 1. The summed E-state index contributed by atoms with van der Waals surface area (Å²) >= 11 is 13.5. The van der Waals surface area contributed by atoms with Gasteiger partial charge in [0.1, 0.15) is 5.02 Å². The molecular weight excluding hydrogens is 289 g/mol. The first-order valence-electron chi connectivity index (χ1n) is 5.79. The molecule has 1 aromatic heterocycles. The second-order valence-electron chi connectivity index (χ2n) is 4.01. The molecule has 96 valence electrons. The van der Waals surface area contributed by atoms with E-state index in [2.05, 4.69) is 6.92 Å². The van der Waals surface area contributed by atoms with Crippen LogP contribution < -0.4 is 5.56 Å². The number of aryl methyl sites for hydroxylation is 1. The van der Waals surface area contributed by atoms with Gasteiger partial charge in [-0.05, 0) is 24.1 Å². The highest BCUT2D eigenvalue weighted by molar-refractivity contribution is 7.11. The van der Waals surface area contributed by atoms with Gasteiger partial charge in [-0.1, -0.05) is 60.2 Å². The first-order chi connectivity index (χ1) is 8.63. The fraction of sp³-hybridized carbons (Fsp3) is 0.308. The lowest BCUT2D eigenvalue weighted by Crippen LogP contribution is -2.12. The van der Waals surface area contributed by atoms with Gasteiger partial charge in [0.25, 0.3) is 5.56 Å². The van der Waals surface area contributed by atoms with Crippen LogP contribution in [-0.2, 0) is 6.54 Å². The summed E-state index contributed by atoms with van der Waals surface area (Å²) in [4.78, 5) is 12.8. The van der Waals surface area contributed by atoms with Crippen LogP contribution in [0.3, 0.4) is 0 Å². The van der Waals surface area contributed by atoms with Crippen molar-refractivity contribution < 1.29 is 0 Å². The van der Waals surface area contributed by atoms with Gasteiger partial charge in [0.15, 0.2) is 0 Å². The standard InChI is InChI=1S/C13H13Cl2NOS/c1-2-3-7-16-13(17)11(15)12(18-16)9-5-4-6-10(14)8-9/h4-6,8H,2-3,7H2,1H3. The van der Waals surface area contributed by atoms with Crippen LogP contribution in [0.4, 0.5) is 0 Å². The third-order valence-electron chi connectivity index (χ3n) is 2.62. The molecule has 0 atom stereocenters. The quantitative estimate of drug-likeness (QED) is 0.803. The molecule has 0 spiro atoms. The summed E-state index contributed by atoms with van der Waals surface area (Å²) in [5.41, 5.74) is 0.787. The van der Waals surface area contributed by atoms with E-state index in [1.165, 1.54) is 11.5 Å². The molecule has 0 unspecified atom stereocenters. The summed E-state index contributed by atoms with van der Waals surface area (Å²) in [6, 6.07) is 7.39. The predicted octanol–water partition coefficient (Wildman–Crippen LogP) is 4.68. The molecule has 0 amide bonds. The van der Waals surface area contributed by atoms with Gasteiger partial charge in [-0.25, -0.2) is 0 Å². The number of unbranched alkanes of at least 4 members (excludes halogenated alkanes) is 1. The van der Waals surface area contributed by atoms with Crippen molar-refractivity contribution in [3.63, 3.8) is 0 Å². The van der Waals surface area contributed by atoms with E-state index in [1.807, 2.05) is 18.2 Å². The minimum Gasteiger partial charge on any atom is -0.267 e. The van der Waals surface area contributed by atoms with Crippen molar-refractivity contribution in [2.24, 2.45) is 0 Å². The molecule has 0 saturated heterocycles. The molecule has 2 rings (SSSR count). The van der Waals surface area contributed by atoms with Crippen molar-refractivity contribution in [3.05, 3.63) is 44.7 Å². The van der Waals surface area contributed by atoms with Gasteiger partial charge in [-0.2, -0.15) is 0 Å². The highest BCUT2D eigenvalue weighted by Crippen LogP contribution is 2.31. The first kappa shape index (κ1) is 13.7. The number of halogens is 2. The van der Waals surface area contributed by atoms with Crippen LogP contribution in [0.25, 0.3) is 10.4 Å². The van der Waals surface area contributed by atoms with Crippen molar-refractivity contribution in [3.8, 4) is 10.4 Å². The topological polar surface area (TPSA) is 22.0 Å². The lowest BCUT2D eigenvalue weighted by atomic mass is 10.2. The Bertz CT molecular complexity index is 603. The number of nitrogens with zero attached hydrogens (tertiary/aromatic N) is 1. The van der Waals surface area contributed by atoms with Crippen LogP contribution in [0.15, 0.2) is 29.1 Å². The average Bonchev–Trinajstić information content (AvgIpc) is 2.64. The molecule has 2 aromatic rings. The van der Waals surface area contributed by atoms with Gasteiger partial charge in [-0.15, -0.1) is 0 Å². The zero-order valence-corrected chi connectivity index (χ0v) is 12.3. The second kappa shape index (κ2) is 5.91. The lowest BCUT2D eigenvalue weighted by Gasteiger charge is -1.99. The maximum absolute atomic E-state index is 12.0. The molecule has 2 nitrogen and oxygen atoms in total. The van der Waals surface area contributed by atoms with E-state index in [0.717, 1.165) is 29.8 Å². The zero-order valence-electron chi connectivity index (χ0n) is 9.95. The van der Waals surface area contributed by atoms with E-state index < -0.39 is 0 Å². The van der Waals surface area contributed by atoms with Gasteiger partial charge >= 0.3 is 0 Å². The summed E-state index contributed by atoms with van der Waals surface area (Å²) in [6.07, 6.45) is 2.03. The van der Waals surface area contributed by atoms with E-state index in [1.54, 1.807) is 10.0 Å². The Morgan fingerprint density at radius 1 is 1.33 bits per heavy atom. The minimum atomic E-state index is -0.106. The predicted molar refractivity (Wildman–Crippen MR) is 78.9 cm³/mol. The van der Waals surface area contributed by atoms with Gasteiger partial charge in [0, 0.05) is 11.6 Å². The monoisotopic (exact) mass is 301 g/mol. The third kappa shape index (κ3) is 2.79. The highest BCUT2D eigenvalue weighted by Gasteiger charge is 2.14. The third-order valence-corrected chi connectivity index (χ3v) is 4.51. The molecule has 0 aliphatic heterocycles. The van der Waals surface area contributed by atoms with E-state index in [9.17, 15) is 4.79 Å². The lowest BCUT2D eigenvalue weighted by molar-refractivity contribution is 0.658. The van der Waals surface area contributed by atoms with Crippen LogP contribution in [0.1, 0.15) is 19.8 Å². The van der Waals surface area contributed by atoms with Crippen LogP contribution in [0.2, 0.25) is 10.0 Å². The van der Waals surface area contributed by atoms with Gasteiger partial charge in [0.05, 0.1) is 4.88 Å². The Morgan fingerprint density at radius 2 is 2.11 bits per heavy atom. The van der Waals surface area contributed by atoms with Gasteiger partial charge < -0.3 is 0 Å². The number of hydrogen-bond acceptors (Lipinski definition) is 2. The summed E-state index contributed by atoms with van der Waals surface area (Å²) in [5.74, 6) is 0. The Morgan fingerprint density at radius 3 is 2.78 bits per heavy atom. The maximum Gasteiger partial charge on any atom is 0.280 e. The van der Waals surface area contributed by atoms with Crippen LogP contribution in [0.5, 0.6) is 0 Å². The Hall–Kier alpha value is -0.770. The highest BCUT2D eigenvalue weighted by atomic mass is 35.5. The molecule has 5 heteroatoms. The molecule has 0 fully saturated rings. The van der Waals surface area contributed by atoms with Crippen LogP contribution in [0, 0.1) is 0 Å². The van der Waals surface area contributed by atoms with Crippen LogP contribution >= 0.6 is 34.7 Å². The van der Waals surface area contributed by atoms with Crippen molar-refractivity contribution in [2.75, 3.05) is 0 Å². The largest absolute Gasteiger partial charge is 0.280 e. The normalized spacial score (nSPS) is 10.8. The van der Waals surface area contributed by atoms with E-state index in [-0.39, 0.29) is 5.56 Å². The van der Waals surface area contributed by atoms with Crippen molar-refractivity contribution in [1.82, 2.24) is 3.96 Å². The fourth-order valence-electron chi connectivity index (χ4n) is 1.66. The Balaban J connectivity index is 2.43. The maximum atomic E-state index is 12.0. The summed E-state index contributed by atoms with van der Waals surface area (Å²) in [6.45, 7) is 2.82. The van der Waals surface area contributed by atoms with Crippen LogP contribution in [-0.4, -0.2) is 3.96 Å². The van der Waals surface area contributed by atoms with Crippen molar-refractivity contribution in [2.45, 2.75) is 26.3 Å². The first-order valence-corrected chi connectivity index (χ1v) is 7.32. The molecule has 1 heterocycles. The fourth-order valence-corrected chi connectivity index (χ4v) is 3.23. The van der Waals surface area contributed by atoms with Gasteiger partial charge in [0.2, 0.25) is 0 Å². The summed E-state index contributed by atoms with van der Waals surface area (Å²) in [7, 11) is 0. The van der Waals surface area contributed by atoms with Crippen molar-refractivity contribution >= 4 is 34.7 Å². The molecule has 0 aliphatic rings. The molecule has 18 heavy (non-hydrogen) atoms. The molecule has 0 saturated carbocycles. The molecule has 0 bridgehead atoms.